The van der Waals surface area contributed by atoms with E-state index in [2.05, 4.69) is 0 Å². The van der Waals surface area contributed by atoms with Crippen LogP contribution < -0.4 is 4.74 Å². The van der Waals surface area contributed by atoms with Gasteiger partial charge >= 0.3 is 0 Å². The minimum atomic E-state index is 0.775. The Morgan fingerprint density at radius 2 is 2.00 bits per heavy atom. The molecular weight excluding hydrogens is 176 g/mol. The van der Waals surface area contributed by atoms with E-state index in [1.807, 2.05) is 36.4 Å². The lowest BCUT2D eigenvalue weighted by molar-refractivity contribution is 0.408. The average molecular weight is 188 g/mol. The van der Waals surface area contributed by atoms with E-state index < -0.39 is 0 Å². The van der Waals surface area contributed by atoms with Crippen molar-refractivity contribution in [1.29, 1.82) is 0 Å². The van der Waals surface area contributed by atoms with Crippen LogP contribution in [-0.4, -0.2) is 7.11 Å². The Kier molecular flexibility index (Phi) is 2.54. The molecule has 2 aromatic rings. The first-order valence-corrected chi connectivity index (χ1v) is 4.54. The Morgan fingerprint density at radius 1 is 1.14 bits per heavy atom. The molecule has 0 radical (unpaired) electrons. The molecule has 2 rings (SSSR count). The van der Waals surface area contributed by atoms with Crippen LogP contribution in [0.5, 0.6) is 5.75 Å². The monoisotopic (exact) mass is 188 g/mol. The molecule has 1 aromatic heterocycles. The molecule has 0 bridgehead atoms. The number of hydrogen-bond acceptors (Lipinski definition) is 2. The highest BCUT2D eigenvalue weighted by atomic mass is 16.5. The summed E-state index contributed by atoms with van der Waals surface area (Å²) in [4.78, 5) is 0. The average Bonchev–Trinajstić information content (AvgIpc) is 2.71. The molecule has 0 aliphatic rings. The van der Waals surface area contributed by atoms with Gasteiger partial charge in [-0.1, -0.05) is 18.2 Å². The maximum atomic E-state index is 5.28. The van der Waals surface area contributed by atoms with Crippen LogP contribution in [0.25, 0.3) is 0 Å². The Hall–Kier alpha value is -1.70. The first-order valence-electron chi connectivity index (χ1n) is 4.54. The van der Waals surface area contributed by atoms with E-state index >= 15 is 0 Å². The van der Waals surface area contributed by atoms with E-state index in [1.165, 1.54) is 0 Å². The molecule has 14 heavy (non-hydrogen) atoms. The Balaban J connectivity index is 2.24. The molecule has 0 amide bonds. The topological polar surface area (TPSA) is 22.4 Å². The molecule has 0 saturated carbocycles. The Bertz CT molecular complexity index is 390. The predicted octanol–water partition coefficient (Wildman–Crippen LogP) is 2.88. The van der Waals surface area contributed by atoms with Gasteiger partial charge in [-0.3, -0.25) is 0 Å². The van der Waals surface area contributed by atoms with Gasteiger partial charge in [0.2, 0.25) is 0 Å². The summed E-state index contributed by atoms with van der Waals surface area (Å²) in [6, 6.07) is 11.8. The fourth-order valence-electron chi connectivity index (χ4n) is 1.45. The van der Waals surface area contributed by atoms with Gasteiger partial charge in [-0.05, 0) is 18.2 Å². The van der Waals surface area contributed by atoms with E-state index in [0.29, 0.717) is 0 Å². The molecule has 0 saturated heterocycles. The van der Waals surface area contributed by atoms with Crippen molar-refractivity contribution in [3.8, 4) is 5.75 Å². The second-order valence-electron chi connectivity index (χ2n) is 3.07. The zero-order chi connectivity index (χ0) is 9.80. The van der Waals surface area contributed by atoms with Crippen LogP contribution >= 0.6 is 0 Å². The molecule has 0 aliphatic heterocycles. The van der Waals surface area contributed by atoms with Crippen molar-refractivity contribution >= 4 is 0 Å². The second kappa shape index (κ2) is 4.01. The summed E-state index contributed by atoms with van der Waals surface area (Å²) in [5, 5.41) is 0. The van der Waals surface area contributed by atoms with Gasteiger partial charge in [0, 0.05) is 12.0 Å². The lowest BCUT2D eigenvalue weighted by atomic mass is 10.1. The van der Waals surface area contributed by atoms with Gasteiger partial charge in [-0.2, -0.15) is 0 Å². The lowest BCUT2D eigenvalue weighted by Crippen LogP contribution is -1.91. The Morgan fingerprint density at radius 3 is 2.71 bits per heavy atom. The zero-order valence-electron chi connectivity index (χ0n) is 8.07. The highest BCUT2D eigenvalue weighted by molar-refractivity contribution is 5.35. The molecular formula is C12H12O2. The quantitative estimate of drug-likeness (QED) is 0.739. The van der Waals surface area contributed by atoms with E-state index in [4.69, 9.17) is 9.15 Å². The van der Waals surface area contributed by atoms with Crippen LogP contribution in [0.2, 0.25) is 0 Å². The third kappa shape index (κ3) is 1.79. The fourth-order valence-corrected chi connectivity index (χ4v) is 1.45. The van der Waals surface area contributed by atoms with Crippen molar-refractivity contribution < 1.29 is 9.15 Å². The number of rotatable bonds is 3. The van der Waals surface area contributed by atoms with Gasteiger partial charge in [0.1, 0.15) is 11.5 Å². The molecule has 0 N–H and O–H groups in total. The van der Waals surface area contributed by atoms with Gasteiger partial charge in [-0.15, -0.1) is 0 Å². The smallest absolute Gasteiger partial charge is 0.122 e. The lowest BCUT2D eigenvalue weighted by Gasteiger charge is -2.05. The van der Waals surface area contributed by atoms with Crippen molar-refractivity contribution in [2.45, 2.75) is 6.42 Å². The number of benzene rings is 1. The van der Waals surface area contributed by atoms with Crippen LogP contribution in [0.3, 0.4) is 0 Å². The first-order chi connectivity index (χ1) is 6.90. The van der Waals surface area contributed by atoms with Gasteiger partial charge < -0.3 is 9.15 Å². The normalized spacial score (nSPS) is 10.1. The van der Waals surface area contributed by atoms with Crippen LogP contribution in [0.4, 0.5) is 0 Å². The van der Waals surface area contributed by atoms with Crippen molar-refractivity contribution in [1.82, 2.24) is 0 Å². The molecule has 0 fully saturated rings. The molecule has 2 heteroatoms. The summed E-state index contributed by atoms with van der Waals surface area (Å²) < 4.78 is 10.5. The summed E-state index contributed by atoms with van der Waals surface area (Å²) in [5.74, 6) is 1.86. The van der Waals surface area contributed by atoms with Crippen LogP contribution in [-0.2, 0) is 6.42 Å². The van der Waals surface area contributed by atoms with Crippen LogP contribution in [0, 0.1) is 0 Å². The maximum Gasteiger partial charge on any atom is 0.122 e. The summed E-state index contributed by atoms with van der Waals surface area (Å²) in [6.45, 7) is 0. The molecule has 2 nitrogen and oxygen atoms in total. The molecule has 1 aromatic carbocycles. The van der Waals surface area contributed by atoms with Gasteiger partial charge in [0.05, 0.1) is 13.4 Å². The van der Waals surface area contributed by atoms with E-state index in [0.717, 1.165) is 23.5 Å². The van der Waals surface area contributed by atoms with Gasteiger partial charge in [0.15, 0.2) is 0 Å². The number of para-hydroxylation sites is 1. The first kappa shape index (κ1) is 8.88. The number of ether oxygens (including phenoxy) is 1. The molecule has 0 unspecified atom stereocenters. The van der Waals surface area contributed by atoms with Gasteiger partial charge in [0.25, 0.3) is 0 Å². The van der Waals surface area contributed by atoms with Crippen LogP contribution in [0.15, 0.2) is 47.1 Å². The predicted molar refractivity (Wildman–Crippen MR) is 54.5 cm³/mol. The SMILES string of the molecule is COc1ccccc1Cc1ccco1. The summed E-state index contributed by atoms with van der Waals surface area (Å²) in [6.07, 6.45) is 2.46. The Labute approximate surface area is 83.1 Å². The van der Waals surface area contributed by atoms with Crippen molar-refractivity contribution in [3.63, 3.8) is 0 Å². The third-order valence-electron chi connectivity index (χ3n) is 2.14. The zero-order valence-corrected chi connectivity index (χ0v) is 8.07. The van der Waals surface area contributed by atoms with E-state index in [1.54, 1.807) is 13.4 Å². The van der Waals surface area contributed by atoms with Crippen LogP contribution in [0.1, 0.15) is 11.3 Å². The van der Waals surface area contributed by atoms with Crippen molar-refractivity contribution in [3.05, 3.63) is 54.0 Å². The minimum Gasteiger partial charge on any atom is -0.496 e. The van der Waals surface area contributed by atoms with Gasteiger partial charge in [-0.25, -0.2) is 0 Å². The third-order valence-corrected chi connectivity index (χ3v) is 2.14. The minimum absolute atomic E-state index is 0.775. The largest absolute Gasteiger partial charge is 0.496 e. The molecule has 0 spiro atoms. The van der Waals surface area contributed by atoms with Crippen molar-refractivity contribution in [2.75, 3.05) is 7.11 Å². The fraction of sp³-hybridized carbons (Fsp3) is 0.167. The van der Waals surface area contributed by atoms with E-state index in [9.17, 15) is 0 Å². The molecule has 72 valence electrons. The maximum absolute atomic E-state index is 5.28. The summed E-state index contributed by atoms with van der Waals surface area (Å²) >= 11 is 0. The highest BCUT2D eigenvalue weighted by Crippen LogP contribution is 2.20. The number of furan rings is 1. The van der Waals surface area contributed by atoms with E-state index in [-0.39, 0.29) is 0 Å². The second-order valence-corrected chi connectivity index (χ2v) is 3.07. The summed E-state index contributed by atoms with van der Waals surface area (Å²) in [7, 11) is 1.68. The molecule has 1 heterocycles. The van der Waals surface area contributed by atoms with Crippen molar-refractivity contribution in [2.24, 2.45) is 0 Å². The number of hydrogen-bond donors (Lipinski definition) is 0. The molecule has 0 aliphatic carbocycles. The standard InChI is InChI=1S/C12H12O2/c1-13-12-7-3-2-5-10(12)9-11-6-4-8-14-11/h2-8H,9H2,1H3. The highest BCUT2D eigenvalue weighted by Gasteiger charge is 2.03. The summed E-state index contributed by atoms with van der Waals surface area (Å²) in [5.41, 5.74) is 1.14. The number of methoxy groups -OCH3 is 1. The molecule has 0 atom stereocenters.